The smallest absolute Gasteiger partial charge is 0.0566 e. The van der Waals surface area contributed by atoms with Gasteiger partial charge in [-0.3, -0.25) is 0 Å². The zero-order chi connectivity index (χ0) is 7.56. The number of aliphatic hydroxyl groups excluding tert-OH is 1. The third-order valence-electron chi connectivity index (χ3n) is 2.81. The van der Waals surface area contributed by atoms with E-state index in [4.69, 9.17) is 0 Å². The quantitative estimate of drug-likeness (QED) is 0.595. The second-order valence-corrected chi connectivity index (χ2v) is 3.63. The lowest BCUT2D eigenvalue weighted by atomic mass is 9.79. The largest absolute Gasteiger partial charge is 0.393 e. The molecule has 1 fully saturated rings. The van der Waals surface area contributed by atoms with Crippen molar-refractivity contribution in [2.24, 2.45) is 11.8 Å². The van der Waals surface area contributed by atoms with Crippen LogP contribution >= 0.6 is 0 Å². The van der Waals surface area contributed by atoms with Crippen molar-refractivity contribution in [3.05, 3.63) is 0 Å². The Labute approximate surface area is 63.4 Å². The van der Waals surface area contributed by atoms with Gasteiger partial charge >= 0.3 is 0 Å². The van der Waals surface area contributed by atoms with Crippen molar-refractivity contribution in [2.75, 3.05) is 0 Å². The second kappa shape index (κ2) is 3.38. The lowest BCUT2D eigenvalue weighted by Gasteiger charge is -2.30. The van der Waals surface area contributed by atoms with Gasteiger partial charge in [0.25, 0.3) is 0 Å². The lowest BCUT2D eigenvalue weighted by Crippen LogP contribution is -2.26. The molecule has 60 valence electrons. The molecule has 3 atom stereocenters. The average Bonchev–Trinajstić information content (AvgIpc) is 1.95. The van der Waals surface area contributed by atoms with Crippen molar-refractivity contribution in [3.8, 4) is 0 Å². The summed E-state index contributed by atoms with van der Waals surface area (Å²) in [5.74, 6) is 1.43. The molecule has 0 spiro atoms. The highest BCUT2D eigenvalue weighted by Gasteiger charge is 2.24. The van der Waals surface area contributed by atoms with Gasteiger partial charge in [-0.2, -0.15) is 0 Å². The molecule has 1 rings (SSSR count). The lowest BCUT2D eigenvalue weighted by molar-refractivity contribution is 0.0565. The molecule has 1 nitrogen and oxygen atoms in total. The van der Waals surface area contributed by atoms with Gasteiger partial charge in [0.15, 0.2) is 0 Å². The van der Waals surface area contributed by atoms with Crippen molar-refractivity contribution < 1.29 is 5.11 Å². The summed E-state index contributed by atoms with van der Waals surface area (Å²) in [6, 6.07) is 0. The van der Waals surface area contributed by atoms with E-state index in [-0.39, 0.29) is 6.10 Å². The number of hydrogen-bond donors (Lipinski definition) is 1. The second-order valence-electron chi connectivity index (χ2n) is 3.63. The van der Waals surface area contributed by atoms with Crippen molar-refractivity contribution >= 4 is 0 Å². The van der Waals surface area contributed by atoms with Crippen LogP contribution in [0.15, 0.2) is 0 Å². The first-order valence-corrected chi connectivity index (χ1v) is 4.42. The van der Waals surface area contributed by atoms with E-state index in [1.165, 1.54) is 19.3 Å². The van der Waals surface area contributed by atoms with Crippen LogP contribution in [-0.2, 0) is 0 Å². The zero-order valence-electron chi connectivity index (χ0n) is 7.01. The van der Waals surface area contributed by atoms with Gasteiger partial charge in [-0.1, -0.05) is 20.3 Å². The summed E-state index contributed by atoms with van der Waals surface area (Å²) in [6.07, 6.45) is 4.78. The van der Waals surface area contributed by atoms with Crippen LogP contribution < -0.4 is 0 Å². The molecule has 1 aliphatic carbocycles. The molecule has 1 heteroatoms. The molecule has 1 aliphatic rings. The first kappa shape index (κ1) is 8.06. The van der Waals surface area contributed by atoms with Crippen molar-refractivity contribution in [1.82, 2.24) is 0 Å². The number of rotatable bonds is 1. The fraction of sp³-hybridized carbons (Fsp3) is 1.00. The molecular weight excluding hydrogens is 124 g/mol. The van der Waals surface area contributed by atoms with E-state index in [1.54, 1.807) is 0 Å². The molecule has 0 saturated heterocycles. The van der Waals surface area contributed by atoms with Gasteiger partial charge in [-0.25, -0.2) is 0 Å². The van der Waals surface area contributed by atoms with Crippen LogP contribution in [0.25, 0.3) is 0 Å². The first-order valence-electron chi connectivity index (χ1n) is 4.42. The summed E-state index contributed by atoms with van der Waals surface area (Å²) < 4.78 is 0. The van der Waals surface area contributed by atoms with Gasteiger partial charge in [0.05, 0.1) is 6.10 Å². The summed E-state index contributed by atoms with van der Waals surface area (Å²) in [5, 5.41) is 9.39. The van der Waals surface area contributed by atoms with Crippen LogP contribution in [0.5, 0.6) is 0 Å². The highest BCUT2D eigenvalue weighted by Crippen LogP contribution is 2.30. The summed E-state index contributed by atoms with van der Waals surface area (Å²) in [6.45, 7) is 4.40. The van der Waals surface area contributed by atoms with Crippen LogP contribution in [0.4, 0.5) is 0 Å². The fourth-order valence-electron chi connectivity index (χ4n) is 1.86. The molecule has 0 aromatic heterocycles. The van der Waals surface area contributed by atoms with Gasteiger partial charge < -0.3 is 5.11 Å². The minimum Gasteiger partial charge on any atom is -0.393 e. The van der Waals surface area contributed by atoms with E-state index >= 15 is 0 Å². The molecular formula is C9H18O. The molecule has 0 radical (unpaired) electrons. The molecule has 0 amide bonds. The van der Waals surface area contributed by atoms with Crippen molar-refractivity contribution in [2.45, 2.75) is 45.6 Å². The number of hydrogen-bond acceptors (Lipinski definition) is 1. The van der Waals surface area contributed by atoms with Crippen LogP contribution in [0, 0.1) is 11.8 Å². The molecule has 1 unspecified atom stereocenters. The topological polar surface area (TPSA) is 20.2 Å². The highest BCUT2D eigenvalue weighted by atomic mass is 16.3. The maximum absolute atomic E-state index is 9.39. The van der Waals surface area contributed by atoms with Crippen LogP contribution in [-0.4, -0.2) is 11.2 Å². The van der Waals surface area contributed by atoms with Gasteiger partial charge in [0.2, 0.25) is 0 Å². The zero-order valence-corrected chi connectivity index (χ0v) is 7.01. The summed E-state index contributed by atoms with van der Waals surface area (Å²) >= 11 is 0. The molecule has 0 aliphatic heterocycles. The molecule has 0 heterocycles. The molecule has 0 aromatic carbocycles. The van der Waals surface area contributed by atoms with Gasteiger partial charge in [0.1, 0.15) is 0 Å². The minimum absolute atomic E-state index is 0.0113. The maximum Gasteiger partial charge on any atom is 0.0566 e. The Morgan fingerprint density at radius 3 is 2.60 bits per heavy atom. The normalized spacial score (nSPS) is 41.7. The van der Waals surface area contributed by atoms with Gasteiger partial charge in [-0.05, 0) is 31.1 Å². The Balaban J connectivity index is 2.33. The summed E-state index contributed by atoms with van der Waals surface area (Å²) in [7, 11) is 0. The SMILES string of the molecule is CC[C@H]1CCC(O)[C@@H](C)C1. The van der Waals surface area contributed by atoms with E-state index in [1.807, 2.05) is 0 Å². The summed E-state index contributed by atoms with van der Waals surface area (Å²) in [4.78, 5) is 0. The molecule has 1 N–H and O–H groups in total. The Hall–Kier alpha value is -0.0400. The van der Waals surface area contributed by atoms with Crippen molar-refractivity contribution in [3.63, 3.8) is 0 Å². The third kappa shape index (κ3) is 1.72. The van der Waals surface area contributed by atoms with E-state index in [0.717, 1.165) is 12.3 Å². The monoisotopic (exact) mass is 142 g/mol. The Bertz CT molecular complexity index is 101. The molecule has 0 bridgehead atoms. The summed E-state index contributed by atoms with van der Waals surface area (Å²) in [5.41, 5.74) is 0. The third-order valence-corrected chi connectivity index (χ3v) is 2.81. The maximum atomic E-state index is 9.39. The van der Waals surface area contributed by atoms with Gasteiger partial charge in [0, 0.05) is 0 Å². The van der Waals surface area contributed by atoms with Crippen molar-refractivity contribution in [1.29, 1.82) is 0 Å². The average molecular weight is 142 g/mol. The van der Waals surface area contributed by atoms with E-state index in [0.29, 0.717) is 5.92 Å². The Kier molecular flexibility index (Phi) is 2.72. The Morgan fingerprint density at radius 1 is 1.40 bits per heavy atom. The number of aliphatic hydroxyl groups is 1. The van der Waals surface area contributed by atoms with E-state index in [2.05, 4.69) is 13.8 Å². The predicted molar refractivity (Wildman–Crippen MR) is 42.8 cm³/mol. The van der Waals surface area contributed by atoms with Crippen LogP contribution in [0.2, 0.25) is 0 Å². The minimum atomic E-state index is -0.0113. The van der Waals surface area contributed by atoms with E-state index in [9.17, 15) is 5.11 Å². The first-order chi connectivity index (χ1) is 4.74. The molecule has 0 aromatic rings. The highest BCUT2D eigenvalue weighted by molar-refractivity contribution is 4.75. The predicted octanol–water partition coefficient (Wildman–Crippen LogP) is 2.19. The van der Waals surface area contributed by atoms with Crippen LogP contribution in [0.1, 0.15) is 39.5 Å². The van der Waals surface area contributed by atoms with Crippen LogP contribution in [0.3, 0.4) is 0 Å². The Morgan fingerprint density at radius 2 is 2.10 bits per heavy atom. The molecule has 1 saturated carbocycles. The van der Waals surface area contributed by atoms with E-state index < -0.39 is 0 Å². The van der Waals surface area contributed by atoms with Gasteiger partial charge in [-0.15, -0.1) is 0 Å². The molecule has 10 heavy (non-hydrogen) atoms. The standard InChI is InChI=1S/C9H18O/c1-3-8-4-5-9(10)7(2)6-8/h7-10H,3-6H2,1-2H3/t7-,8-,9?/m0/s1. The fourth-order valence-corrected chi connectivity index (χ4v) is 1.86.